The number of hydrogen-bond acceptors (Lipinski definition) is 2. The van der Waals surface area contributed by atoms with Crippen LogP contribution in [0.2, 0.25) is 0 Å². The molecule has 0 aliphatic heterocycles. The number of nitrogens with two attached hydrogens (primary N) is 1. The van der Waals surface area contributed by atoms with Gasteiger partial charge >= 0.3 is 0 Å². The van der Waals surface area contributed by atoms with Crippen LogP contribution < -0.4 is 5.73 Å². The molecular formula is C17H16BrNO. The molecule has 0 radical (unpaired) electrons. The van der Waals surface area contributed by atoms with Crippen LogP contribution in [0, 0.1) is 13.8 Å². The van der Waals surface area contributed by atoms with Crippen molar-refractivity contribution in [2.75, 3.05) is 0 Å². The SMILES string of the molecule is Cc1ccc2oc(C(N)c3cccc(C)c3Br)cc2c1. The summed E-state index contributed by atoms with van der Waals surface area (Å²) in [6.07, 6.45) is 0. The topological polar surface area (TPSA) is 39.2 Å². The van der Waals surface area contributed by atoms with E-state index in [1.165, 1.54) is 11.1 Å². The van der Waals surface area contributed by atoms with Crippen molar-refractivity contribution in [2.24, 2.45) is 5.73 Å². The number of aryl methyl sites for hydroxylation is 2. The highest BCUT2D eigenvalue weighted by atomic mass is 79.9. The van der Waals surface area contributed by atoms with Gasteiger partial charge < -0.3 is 10.2 Å². The third-order valence-electron chi connectivity index (χ3n) is 3.55. The predicted molar refractivity (Wildman–Crippen MR) is 85.9 cm³/mol. The molecule has 2 nitrogen and oxygen atoms in total. The number of rotatable bonds is 2. The Hall–Kier alpha value is -1.58. The van der Waals surface area contributed by atoms with E-state index in [-0.39, 0.29) is 6.04 Å². The van der Waals surface area contributed by atoms with Gasteiger partial charge in [0.1, 0.15) is 11.3 Å². The average Bonchev–Trinajstić information content (AvgIpc) is 2.84. The molecule has 3 rings (SSSR count). The molecule has 3 heteroatoms. The number of benzene rings is 2. The van der Waals surface area contributed by atoms with Crippen molar-refractivity contribution >= 4 is 26.9 Å². The standard InChI is InChI=1S/C17H16BrNO/c1-10-6-7-14-12(8-10)9-15(20-14)17(19)13-5-3-4-11(2)16(13)18/h3-9,17H,19H2,1-2H3. The Balaban J connectivity index is 2.08. The Morgan fingerprint density at radius 1 is 1.10 bits per heavy atom. The molecular weight excluding hydrogens is 314 g/mol. The van der Waals surface area contributed by atoms with E-state index in [2.05, 4.69) is 41.9 Å². The largest absolute Gasteiger partial charge is 0.459 e. The number of furan rings is 1. The molecule has 0 amide bonds. The summed E-state index contributed by atoms with van der Waals surface area (Å²) < 4.78 is 6.93. The van der Waals surface area contributed by atoms with Crippen LogP contribution in [0.4, 0.5) is 0 Å². The van der Waals surface area contributed by atoms with Crippen LogP contribution in [0.15, 0.2) is 51.4 Å². The zero-order valence-corrected chi connectivity index (χ0v) is 13.1. The highest BCUT2D eigenvalue weighted by molar-refractivity contribution is 9.10. The van der Waals surface area contributed by atoms with E-state index in [1.54, 1.807) is 0 Å². The smallest absolute Gasteiger partial charge is 0.134 e. The van der Waals surface area contributed by atoms with E-state index in [4.69, 9.17) is 10.2 Å². The Morgan fingerprint density at radius 2 is 1.90 bits per heavy atom. The number of hydrogen-bond donors (Lipinski definition) is 1. The number of fused-ring (bicyclic) bond motifs is 1. The zero-order chi connectivity index (χ0) is 14.3. The van der Waals surface area contributed by atoms with Crippen molar-refractivity contribution in [3.63, 3.8) is 0 Å². The maximum atomic E-state index is 6.36. The van der Waals surface area contributed by atoms with Crippen molar-refractivity contribution in [2.45, 2.75) is 19.9 Å². The van der Waals surface area contributed by atoms with Crippen LogP contribution in [-0.2, 0) is 0 Å². The van der Waals surface area contributed by atoms with Gasteiger partial charge in [-0.15, -0.1) is 0 Å². The fourth-order valence-corrected chi connectivity index (χ4v) is 2.91. The molecule has 2 aromatic carbocycles. The van der Waals surface area contributed by atoms with Gasteiger partial charge in [0, 0.05) is 9.86 Å². The highest BCUT2D eigenvalue weighted by Crippen LogP contribution is 2.32. The molecule has 0 fully saturated rings. The molecule has 0 aliphatic carbocycles. The van der Waals surface area contributed by atoms with Crippen molar-refractivity contribution in [1.29, 1.82) is 0 Å². The third kappa shape index (κ3) is 2.28. The summed E-state index contributed by atoms with van der Waals surface area (Å²) in [5.41, 5.74) is 10.7. The fraction of sp³-hybridized carbons (Fsp3) is 0.176. The molecule has 0 spiro atoms. The summed E-state index contributed by atoms with van der Waals surface area (Å²) in [4.78, 5) is 0. The third-order valence-corrected chi connectivity index (χ3v) is 4.64. The molecule has 1 unspecified atom stereocenters. The van der Waals surface area contributed by atoms with E-state index in [1.807, 2.05) is 30.3 Å². The first-order valence-corrected chi connectivity index (χ1v) is 7.36. The van der Waals surface area contributed by atoms with Gasteiger partial charge in [0.2, 0.25) is 0 Å². The van der Waals surface area contributed by atoms with E-state index in [0.717, 1.165) is 26.8 Å². The first-order valence-electron chi connectivity index (χ1n) is 6.57. The molecule has 20 heavy (non-hydrogen) atoms. The van der Waals surface area contributed by atoms with Gasteiger partial charge in [-0.1, -0.05) is 45.8 Å². The van der Waals surface area contributed by atoms with Gasteiger partial charge in [0.15, 0.2) is 0 Å². The molecule has 3 aromatic rings. The Kier molecular flexibility index (Phi) is 3.40. The summed E-state index contributed by atoms with van der Waals surface area (Å²) >= 11 is 3.61. The summed E-state index contributed by atoms with van der Waals surface area (Å²) in [6, 6.07) is 14.0. The normalized spacial score (nSPS) is 12.8. The minimum Gasteiger partial charge on any atom is -0.459 e. The second kappa shape index (κ2) is 5.08. The van der Waals surface area contributed by atoms with E-state index in [0.29, 0.717) is 0 Å². The van der Waals surface area contributed by atoms with E-state index >= 15 is 0 Å². The lowest BCUT2D eigenvalue weighted by atomic mass is 10.0. The van der Waals surface area contributed by atoms with Crippen molar-refractivity contribution in [3.05, 3.63) is 69.4 Å². The van der Waals surface area contributed by atoms with Crippen LogP contribution in [-0.4, -0.2) is 0 Å². The fourth-order valence-electron chi connectivity index (χ4n) is 2.40. The molecule has 0 aliphatic rings. The molecule has 0 saturated heterocycles. The Morgan fingerprint density at radius 3 is 2.70 bits per heavy atom. The van der Waals surface area contributed by atoms with Crippen molar-refractivity contribution in [1.82, 2.24) is 0 Å². The second-order valence-corrected chi connectivity index (χ2v) is 5.94. The molecule has 102 valence electrons. The maximum absolute atomic E-state index is 6.36. The van der Waals surface area contributed by atoms with E-state index < -0.39 is 0 Å². The van der Waals surface area contributed by atoms with E-state index in [9.17, 15) is 0 Å². The van der Waals surface area contributed by atoms with Gasteiger partial charge in [-0.2, -0.15) is 0 Å². The monoisotopic (exact) mass is 329 g/mol. The molecule has 1 atom stereocenters. The van der Waals surface area contributed by atoms with Crippen molar-refractivity contribution < 1.29 is 4.42 Å². The molecule has 0 bridgehead atoms. The summed E-state index contributed by atoms with van der Waals surface area (Å²) in [6.45, 7) is 4.13. The van der Waals surface area contributed by atoms with Gasteiger partial charge in [0.05, 0.1) is 6.04 Å². The minimum absolute atomic E-state index is 0.267. The first kappa shape index (κ1) is 13.4. The lowest BCUT2D eigenvalue weighted by Gasteiger charge is -2.12. The van der Waals surface area contributed by atoms with Gasteiger partial charge in [-0.05, 0) is 43.2 Å². The van der Waals surface area contributed by atoms with Crippen LogP contribution in [0.5, 0.6) is 0 Å². The highest BCUT2D eigenvalue weighted by Gasteiger charge is 2.17. The van der Waals surface area contributed by atoms with Gasteiger partial charge in [0.25, 0.3) is 0 Å². The molecule has 1 aromatic heterocycles. The van der Waals surface area contributed by atoms with Gasteiger partial charge in [-0.3, -0.25) is 0 Å². The molecule has 2 N–H and O–H groups in total. The van der Waals surface area contributed by atoms with Crippen LogP contribution in [0.1, 0.15) is 28.5 Å². The minimum atomic E-state index is -0.267. The lowest BCUT2D eigenvalue weighted by Crippen LogP contribution is -2.11. The summed E-state index contributed by atoms with van der Waals surface area (Å²) in [5.74, 6) is 0.789. The van der Waals surface area contributed by atoms with Crippen LogP contribution in [0.3, 0.4) is 0 Å². The first-order chi connectivity index (χ1) is 9.56. The molecule has 1 heterocycles. The molecule has 0 saturated carbocycles. The Bertz CT molecular complexity index is 776. The predicted octanol–water partition coefficient (Wildman–Crippen LogP) is 4.86. The van der Waals surface area contributed by atoms with Gasteiger partial charge in [-0.25, -0.2) is 0 Å². The maximum Gasteiger partial charge on any atom is 0.134 e. The van der Waals surface area contributed by atoms with Crippen LogP contribution in [0.25, 0.3) is 11.0 Å². The number of halogens is 1. The quantitative estimate of drug-likeness (QED) is 0.729. The second-order valence-electron chi connectivity index (χ2n) is 5.15. The average molecular weight is 330 g/mol. The van der Waals surface area contributed by atoms with Crippen molar-refractivity contribution in [3.8, 4) is 0 Å². The summed E-state index contributed by atoms with van der Waals surface area (Å²) in [7, 11) is 0. The lowest BCUT2D eigenvalue weighted by molar-refractivity contribution is 0.524. The zero-order valence-electron chi connectivity index (χ0n) is 11.5. The Labute approximate surface area is 126 Å². The summed E-state index contributed by atoms with van der Waals surface area (Å²) in [5, 5.41) is 1.10. The van der Waals surface area contributed by atoms with Crippen LogP contribution >= 0.6 is 15.9 Å².